The zero-order valence-electron chi connectivity index (χ0n) is 16.8. The fourth-order valence-electron chi connectivity index (χ4n) is 3.63. The highest BCUT2D eigenvalue weighted by molar-refractivity contribution is 7.89. The van der Waals surface area contributed by atoms with Gasteiger partial charge in [-0.25, -0.2) is 12.8 Å². The molecule has 164 valence electrons. The number of hydrogen-bond donors (Lipinski definition) is 1. The number of alkyl halides is 1. The van der Waals surface area contributed by atoms with E-state index in [-0.39, 0.29) is 21.8 Å². The van der Waals surface area contributed by atoms with Crippen LogP contribution in [0.1, 0.15) is 22.7 Å². The third-order valence-electron chi connectivity index (χ3n) is 5.20. The summed E-state index contributed by atoms with van der Waals surface area (Å²) >= 11 is 0. The maximum absolute atomic E-state index is 15.5. The predicted molar refractivity (Wildman–Crippen MR) is 115 cm³/mol. The van der Waals surface area contributed by atoms with E-state index in [1.807, 2.05) is 0 Å². The summed E-state index contributed by atoms with van der Waals surface area (Å²) in [6.07, 6.45) is -2.57. The number of hydrogen-bond acceptors (Lipinski definition) is 5. The van der Waals surface area contributed by atoms with Crippen molar-refractivity contribution in [2.24, 2.45) is 0 Å². The fourth-order valence-corrected chi connectivity index (χ4v) is 5.21. The van der Waals surface area contributed by atoms with Crippen LogP contribution in [-0.2, 0) is 14.8 Å². The molecule has 0 aliphatic carbocycles. The van der Waals surface area contributed by atoms with Crippen LogP contribution in [-0.4, -0.2) is 29.8 Å². The van der Waals surface area contributed by atoms with Gasteiger partial charge < -0.3 is 5.32 Å². The first-order valence-corrected chi connectivity index (χ1v) is 11.0. The van der Waals surface area contributed by atoms with Gasteiger partial charge in [-0.3, -0.25) is 14.9 Å². The number of sulfonamides is 1. The van der Waals surface area contributed by atoms with E-state index in [2.05, 4.69) is 5.32 Å². The molecule has 3 aromatic rings. The third kappa shape index (κ3) is 3.74. The quantitative estimate of drug-likeness (QED) is 0.364. The highest BCUT2D eigenvalue weighted by Crippen LogP contribution is 2.42. The Morgan fingerprint density at radius 1 is 1.03 bits per heavy atom. The van der Waals surface area contributed by atoms with Crippen molar-refractivity contribution in [2.75, 3.05) is 5.32 Å². The molecule has 1 aliphatic rings. The number of nitrogens with one attached hydrogen (secondary N) is 1. The minimum Gasteiger partial charge on any atom is -0.322 e. The van der Waals surface area contributed by atoms with Gasteiger partial charge in [-0.2, -0.15) is 0 Å². The molecule has 0 spiro atoms. The largest absolute Gasteiger partial charge is 0.322 e. The number of aryl methyl sites for hydroxylation is 1. The van der Waals surface area contributed by atoms with Gasteiger partial charge in [0.25, 0.3) is 11.6 Å². The topological polar surface area (TPSA) is 110 Å². The molecule has 1 heterocycles. The van der Waals surface area contributed by atoms with Gasteiger partial charge in [-0.1, -0.05) is 48.0 Å². The second kappa shape index (κ2) is 8.13. The zero-order valence-corrected chi connectivity index (χ0v) is 17.6. The number of carbonyl (C=O) groups is 1. The smallest absolute Gasteiger partial charge is 0.275 e. The van der Waals surface area contributed by atoms with Crippen LogP contribution >= 0.6 is 0 Å². The van der Waals surface area contributed by atoms with Gasteiger partial charge in [0.1, 0.15) is 0 Å². The second-order valence-electron chi connectivity index (χ2n) is 7.31. The summed E-state index contributed by atoms with van der Waals surface area (Å²) in [4.78, 5) is 23.1. The number of anilines is 1. The van der Waals surface area contributed by atoms with E-state index < -0.39 is 33.2 Å². The highest BCUT2D eigenvalue weighted by atomic mass is 32.2. The number of nitrogens with zero attached hydrogens (tertiary/aromatic N) is 2. The van der Waals surface area contributed by atoms with Crippen LogP contribution in [0.15, 0.2) is 77.7 Å². The van der Waals surface area contributed by atoms with Gasteiger partial charge in [0.05, 0.1) is 15.9 Å². The third-order valence-corrected chi connectivity index (χ3v) is 7.02. The van der Waals surface area contributed by atoms with E-state index in [0.717, 1.165) is 11.6 Å². The summed E-state index contributed by atoms with van der Waals surface area (Å²) in [5, 5.41) is 13.7. The molecule has 2 atom stereocenters. The number of nitro groups is 1. The Kier molecular flexibility index (Phi) is 5.49. The van der Waals surface area contributed by atoms with E-state index in [0.29, 0.717) is 9.87 Å². The van der Waals surface area contributed by atoms with Gasteiger partial charge in [0.2, 0.25) is 16.3 Å². The van der Waals surface area contributed by atoms with E-state index in [4.69, 9.17) is 0 Å². The number of benzene rings is 3. The molecule has 1 N–H and O–H groups in total. The van der Waals surface area contributed by atoms with Crippen molar-refractivity contribution in [1.82, 2.24) is 4.31 Å². The maximum atomic E-state index is 15.5. The van der Waals surface area contributed by atoms with Crippen molar-refractivity contribution in [1.29, 1.82) is 0 Å². The second-order valence-corrected chi connectivity index (χ2v) is 9.16. The standard InChI is InChI=1S/C22H18FN3O5S/c1-14-7-10-17(11-8-14)32(30,31)25-20(15-5-3-2-4-6-15)18-13-16(26(28)29)9-12-19(18)24-22(27)21(25)23/h2-13,20-21H,1H3,(H,24,27). The minimum atomic E-state index is -4.53. The molecule has 8 nitrogen and oxygen atoms in total. The lowest BCUT2D eigenvalue weighted by molar-refractivity contribution is -0.384. The van der Waals surface area contributed by atoms with Crippen molar-refractivity contribution in [3.63, 3.8) is 0 Å². The molecule has 3 aromatic carbocycles. The summed E-state index contributed by atoms with van der Waals surface area (Å²) in [6, 6.07) is 16.2. The molecule has 2 unspecified atom stereocenters. The molecular weight excluding hydrogens is 437 g/mol. The van der Waals surface area contributed by atoms with Crippen LogP contribution in [0.5, 0.6) is 0 Å². The highest BCUT2D eigenvalue weighted by Gasteiger charge is 2.46. The van der Waals surface area contributed by atoms with Crippen LogP contribution < -0.4 is 5.32 Å². The first-order chi connectivity index (χ1) is 15.2. The molecule has 4 rings (SSSR count). The average molecular weight is 455 g/mol. The summed E-state index contributed by atoms with van der Waals surface area (Å²) < 4.78 is 43.2. The monoisotopic (exact) mass is 455 g/mol. The molecule has 1 amide bonds. The number of non-ortho nitro benzene ring substituents is 1. The van der Waals surface area contributed by atoms with E-state index in [1.54, 1.807) is 49.4 Å². The molecule has 0 saturated carbocycles. The lowest BCUT2D eigenvalue weighted by Gasteiger charge is -2.31. The first-order valence-electron chi connectivity index (χ1n) is 9.58. The lowest BCUT2D eigenvalue weighted by atomic mass is 9.97. The van der Waals surface area contributed by atoms with Crippen LogP contribution in [0.4, 0.5) is 15.8 Å². The van der Waals surface area contributed by atoms with Gasteiger partial charge in [0, 0.05) is 23.4 Å². The van der Waals surface area contributed by atoms with Crippen LogP contribution in [0.2, 0.25) is 0 Å². The first kappa shape index (κ1) is 21.6. The van der Waals surface area contributed by atoms with Gasteiger partial charge in [-0.05, 0) is 30.7 Å². The van der Waals surface area contributed by atoms with Crippen molar-refractivity contribution in [3.8, 4) is 0 Å². The lowest BCUT2D eigenvalue weighted by Crippen LogP contribution is -2.45. The Balaban J connectivity index is 2.01. The van der Waals surface area contributed by atoms with E-state index in [1.165, 1.54) is 24.3 Å². The Morgan fingerprint density at radius 2 is 1.69 bits per heavy atom. The number of rotatable bonds is 4. The summed E-state index contributed by atoms with van der Waals surface area (Å²) in [6.45, 7) is 1.77. The molecule has 0 aromatic heterocycles. The molecular formula is C22H18FN3O5S. The SMILES string of the molecule is Cc1ccc(S(=O)(=O)N2C(F)C(=O)Nc3ccc([N+](=O)[O-])cc3C2c2ccccc2)cc1. The molecule has 0 saturated heterocycles. The fraction of sp³-hybridized carbons (Fsp3) is 0.136. The number of fused-ring (bicyclic) bond motifs is 1. The van der Waals surface area contributed by atoms with Crippen molar-refractivity contribution in [3.05, 3.63) is 99.6 Å². The number of nitro benzene ring substituents is 1. The van der Waals surface area contributed by atoms with E-state index in [9.17, 15) is 23.3 Å². The van der Waals surface area contributed by atoms with Gasteiger partial charge >= 0.3 is 0 Å². The summed E-state index contributed by atoms with van der Waals surface area (Å²) in [7, 11) is -4.53. The normalized spacial score (nSPS) is 19.0. The molecule has 32 heavy (non-hydrogen) atoms. The Hall–Kier alpha value is -3.63. The number of halogens is 1. The van der Waals surface area contributed by atoms with Crippen molar-refractivity contribution in [2.45, 2.75) is 24.2 Å². The van der Waals surface area contributed by atoms with Crippen molar-refractivity contribution >= 4 is 27.3 Å². The van der Waals surface area contributed by atoms with Crippen LogP contribution in [0, 0.1) is 17.0 Å². The summed E-state index contributed by atoms with van der Waals surface area (Å²) in [5.74, 6) is -1.19. The van der Waals surface area contributed by atoms with Crippen LogP contribution in [0.25, 0.3) is 0 Å². The zero-order chi connectivity index (χ0) is 23.0. The van der Waals surface area contributed by atoms with Crippen LogP contribution in [0.3, 0.4) is 0 Å². The number of amides is 1. The Bertz CT molecular complexity index is 1300. The van der Waals surface area contributed by atoms with Gasteiger partial charge in [-0.15, -0.1) is 4.31 Å². The molecule has 0 radical (unpaired) electrons. The maximum Gasteiger partial charge on any atom is 0.275 e. The molecule has 10 heteroatoms. The van der Waals surface area contributed by atoms with Gasteiger partial charge in [0.15, 0.2) is 0 Å². The average Bonchev–Trinajstić information content (AvgIpc) is 2.88. The van der Waals surface area contributed by atoms with Crippen molar-refractivity contribution < 1.29 is 22.5 Å². The summed E-state index contributed by atoms with van der Waals surface area (Å²) in [5.41, 5.74) is 1.02. The molecule has 0 bridgehead atoms. The molecule has 0 fully saturated rings. The predicted octanol–water partition coefficient (Wildman–Crippen LogP) is 3.93. The number of carbonyl (C=O) groups excluding carboxylic acids is 1. The van der Waals surface area contributed by atoms with E-state index >= 15 is 4.39 Å². The Morgan fingerprint density at radius 3 is 2.31 bits per heavy atom. The minimum absolute atomic E-state index is 0.0922. The molecule has 1 aliphatic heterocycles. The Labute approximate surface area is 183 Å².